The van der Waals surface area contributed by atoms with Gasteiger partial charge in [0.1, 0.15) is 12.4 Å². The predicted octanol–water partition coefficient (Wildman–Crippen LogP) is 2.86. The van der Waals surface area contributed by atoms with Crippen LogP contribution in [0.25, 0.3) is 0 Å². The standard InChI is InChI=1S/C11H14OS/c1-9-3-5-11(6-4-9)12-7-10(2)8-13/h3-6,13H,2,7-8H2,1H3. The number of hydrogen-bond acceptors (Lipinski definition) is 2. The third kappa shape index (κ3) is 3.55. The highest BCUT2D eigenvalue weighted by molar-refractivity contribution is 7.80. The highest BCUT2D eigenvalue weighted by Gasteiger charge is 1.94. The quantitative estimate of drug-likeness (QED) is 0.573. The first-order chi connectivity index (χ1) is 6.22. The minimum absolute atomic E-state index is 0.548. The van der Waals surface area contributed by atoms with Crippen molar-refractivity contribution in [3.63, 3.8) is 0 Å². The van der Waals surface area contributed by atoms with E-state index < -0.39 is 0 Å². The molecule has 70 valence electrons. The largest absolute Gasteiger partial charge is 0.489 e. The van der Waals surface area contributed by atoms with Crippen molar-refractivity contribution in [3.8, 4) is 5.75 Å². The van der Waals surface area contributed by atoms with Gasteiger partial charge < -0.3 is 4.74 Å². The van der Waals surface area contributed by atoms with Crippen LogP contribution in [0, 0.1) is 6.92 Å². The minimum Gasteiger partial charge on any atom is -0.489 e. The summed E-state index contributed by atoms with van der Waals surface area (Å²) in [6.07, 6.45) is 0. The van der Waals surface area contributed by atoms with Crippen molar-refractivity contribution in [1.29, 1.82) is 0 Å². The Bertz CT molecular complexity index is 277. The van der Waals surface area contributed by atoms with Crippen LogP contribution < -0.4 is 4.74 Å². The van der Waals surface area contributed by atoms with E-state index in [1.54, 1.807) is 0 Å². The number of ether oxygens (including phenoxy) is 1. The smallest absolute Gasteiger partial charge is 0.119 e. The van der Waals surface area contributed by atoms with E-state index in [1.807, 2.05) is 24.3 Å². The summed E-state index contributed by atoms with van der Waals surface area (Å²) in [5.41, 5.74) is 2.23. The summed E-state index contributed by atoms with van der Waals surface area (Å²) >= 11 is 4.10. The van der Waals surface area contributed by atoms with Crippen molar-refractivity contribution in [2.24, 2.45) is 0 Å². The van der Waals surface area contributed by atoms with Crippen LogP contribution in [0.2, 0.25) is 0 Å². The molecule has 0 aliphatic carbocycles. The van der Waals surface area contributed by atoms with Crippen LogP contribution in [0.15, 0.2) is 36.4 Å². The SMILES string of the molecule is C=C(CS)COc1ccc(C)cc1. The molecule has 0 amide bonds. The van der Waals surface area contributed by atoms with Crippen molar-refractivity contribution in [2.75, 3.05) is 12.4 Å². The molecule has 1 rings (SSSR count). The van der Waals surface area contributed by atoms with Crippen molar-refractivity contribution in [1.82, 2.24) is 0 Å². The van der Waals surface area contributed by atoms with Crippen LogP contribution in [0.1, 0.15) is 5.56 Å². The van der Waals surface area contributed by atoms with Crippen molar-refractivity contribution in [3.05, 3.63) is 42.0 Å². The van der Waals surface area contributed by atoms with E-state index in [0.29, 0.717) is 12.4 Å². The molecule has 0 saturated carbocycles. The molecule has 1 aromatic carbocycles. The molecule has 1 aromatic rings. The third-order valence-electron chi connectivity index (χ3n) is 1.69. The molecule has 0 heterocycles. The molecule has 0 saturated heterocycles. The minimum atomic E-state index is 0.548. The van der Waals surface area contributed by atoms with Crippen LogP contribution in [-0.4, -0.2) is 12.4 Å². The second-order valence-electron chi connectivity index (χ2n) is 3.01. The molecule has 0 unspecified atom stereocenters. The van der Waals surface area contributed by atoms with Gasteiger partial charge in [0, 0.05) is 5.75 Å². The molecule has 0 radical (unpaired) electrons. The van der Waals surface area contributed by atoms with E-state index in [-0.39, 0.29) is 0 Å². The molecule has 0 bridgehead atoms. The lowest BCUT2D eigenvalue weighted by atomic mass is 10.2. The average molecular weight is 194 g/mol. The maximum atomic E-state index is 5.47. The summed E-state index contributed by atoms with van der Waals surface area (Å²) in [6, 6.07) is 7.97. The Labute approximate surface area is 84.8 Å². The van der Waals surface area contributed by atoms with E-state index in [9.17, 15) is 0 Å². The Morgan fingerprint density at radius 2 is 2.00 bits per heavy atom. The zero-order valence-corrected chi connectivity index (χ0v) is 8.68. The van der Waals surface area contributed by atoms with Crippen molar-refractivity contribution in [2.45, 2.75) is 6.92 Å². The molecule has 0 fully saturated rings. The molecule has 0 N–H and O–H groups in total. The highest BCUT2D eigenvalue weighted by Crippen LogP contribution is 2.12. The van der Waals surface area contributed by atoms with Crippen LogP contribution in [0.3, 0.4) is 0 Å². The number of hydrogen-bond donors (Lipinski definition) is 1. The fraction of sp³-hybridized carbons (Fsp3) is 0.273. The second-order valence-corrected chi connectivity index (χ2v) is 3.33. The Morgan fingerprint density at radius 1 is 1.38 bits per heavy atom. The van der Waals surface area contributed by atoms with Gasteiger partial charge in [0.2, 0.25) is 0 Å². The normalized spacial score (nSPS) is 9.69. The molecule has 0 spiro atoms. The van der Waals surface area contributed by atoms with Gasteiger partial charge in [0.15, 0.2) is 0 Å². The number of thiol groups is 1. The van der Waals surface area contributed by atoms with Crippen molar-refractivity contribution >= 4 is 12.6 Å². The van der Waals surface area contributed by atoms with Crippen LogP contribution in [0.4, 0.5) is 0 Å². The van der Waals surface area contributed by atoms with E-state index >= 15 is 0 Å². The Morgan fingerprint density at radius 3 is 2.54 bits per heavy atom. The number of rotatable bonds is 4. The molecule has 2 heteroatoms. The molecular formula is C11H14OS. The monoisotopic (exact) mass is 194 g/mol. The van der Waals surface area contributed by atoms with Gasteiger partial charge in [-0.25, -0.2) is 0 Å². The maximum absolute atomic E-state index is 5.47. The fourth-order valence-electron chi connectivity index (χ4n) is 0.866. The van der Waals surface area contributed by atoms with Crippen LogP contribution in [-0.2, 0) is 0 Å². The van der Waals surface area contributed by atoms with Crippen LogP contribution in [0.5, 0.6) is 5.75 Å². The second kappa shape index (κ2) is 4.97. The molecule has 0 aromatic heterocycles. The van der Waals surface area contributed by atoms with Crippen molar-refractivity contribution < 1.29 is 4.74 Å². The predicted molar refractivity (Wildman–Crippen MR) is 59.7 cm³/mol. The lowest BCUT2D eigenvalue weighted by Crippen LogP contribution is -2.00. The Hall–Kier alpha value is -0.890. The average Bonchev–Trinajstić information content (AvgIpc) is 2.16. The molecule has 0 atom stereocenters. The topological polar surface area (TPSA) is 9.23 Å². The third-order valence-corrected chi connectivity index (χ3v) is 2.13. The summed E-state index contributed by atoms with van der Waals surface area (Å²) in [5.74, 6) is 1.56. The van der Waals surface area contributed by atoms with E-state index in [4.69, 9.17) is 4.74 Å². The zero-order valence-electron chi connectivity index (χ0n) is 7.79. The van der Waals surface area contributed by atoms with Gasteiger partial charge in [0.05, 0.1) is 0 Å². The summed E-state index contributed by atoms with van der Waals surface area (Å²) in [7, 11) is 0. The molecule has 1 nitrogen and oxygen atoms in total. The van der Waals surface area contributed by atoms with Gasteiger partial charge in [-0.15, -0.1) is 0 Å². The van der Waals surface area contributed by atoms with Crippen LogP contribution >= 0.6 is 12.6 Å². The van der Waals surface area contributed by atoms with Gasteiger partial charge >= 0.3 is 0 Å². The van der Waals surface area contributed by atoms with E-state index in [1.165, 1.54) is 5.56 Å². The summed E-state index contributed by atoms with van der Waals surface area (Å²) in [4.78, 5) is 0. The lowest BCUT2D eigenvalue weighted by molar-refractivity contribution is 0.353. The lowest BCUT2D eigenvalue weighted by Gasteiger charge is -2.06. The first-order valence-corrected chi connectivity index (χ1v) is 4.82. The molecule has 0 aliphatic rings. The highest BCUT2D eigenvalue weighted by atomic mass is 32.1. The molecule has 13 heavy (non-hydrogen) atoms. The zero-order chi connectivity index (χ0) is 9.68. The fourth-order valence-corrected chi connectivity index (χ4v) is 0.957. The van der Waals surface area contributed by atoms with E-state index in [2.05, 4.69) is 26.1 Å². The molecular weight excluding hydrogens is 180 g/mol. The summed E-state index contributed by atoms with van der Waals surface area (Å²) in [6.45, 7) is 6.40. The van der Waals surface area contributed by atoms with Gasteiger partial charge in [-0.05, 0) is 24.6 Å². The first-order valence-electron chi connectivity index (χ1n) is 4.19. The number of aryl methyl sites for hydroxylation is 1. The summed E-state index contributed by atoms with van der Waals surface area (Å²) < 4.78 is 5.47. The maximum Gasteiger partial charge on any atom is 0.119 e. The Balaban J connectivity index is 2.46. The Kier molecular flexibility index (Phi) is 3.90. The first kappa shape index (κ1) is 10.2. The molecule has 0 aliphatic heterocycles. The van der Waals surface area contributed by atoms with Gasteiger partial charge in [-0.1, -0.05) is 24.3 Å². The number of benzene rings is 1. The van der Waals surface area contributed by atoms with Gasteiger partial charge in [-0.2, -0.15) is 12.6 Å². The summed E-state index contributed by atoms with van der Waals surface area (Å²) in [5, 5.41) is 0. The van der Waals surface area contributed by atoms with Gasteiger partial charge in [-0.3, -0.25) is 0 Å². The van der Waals surface area contributed by atoms with Gasteiger partial charge in [0.25, 0.3) is 0 Å². The van der Waals surface area contributed by atoms with E-state index in [0.717, 1.165) is 11.3 Å².